The molecule has 1 saturated heterocycles. The molecule has 2 bridgehead atoms. The third-order valence-electron chi connectivity index (χ3n) is 6.97. The third-order valence-corrected chi connectivity index (χ3v) is 8.01. The molecule has 1 N–H and O–H groups in total. The second-order valence-corrected chi connectivity index (χ2v) is 10.0. The van der Waals surface area contributed by atoms with E-state index in [-0.39, 0.29) is 17.2 Å². The van der Waals surface area contributed by atoms with Crippen LogP contribution in [-0.4, -0.2) is 68.1 Å². The summed E-state index contributed by atoms with van der Waals surface area (Å²) in [4.78, 5) is 8.12. The lowest BCUT2D eigenvalue weighted by Crippen LogP contribution is -2.59. The Morgan fingerprint density at radius 1 is 1.30 bits per heavy atom. The molecule has 0 unspecified atom stereocenters. The molecule has 0 amide bonds. The third kappa shape index (κ3) is 2.68. The number of alkyl halides is 1. The smallest absolute Gasteiger partial charge is 0.208 e. The van der Waals surface area contributed by atoms with Crippen LogP contribution in [0.1, 0.15) is 20.3 Å². The van der Waals surface area contributed by atoms with Crippen molar-refractivity contribution in [1.29, 1.82) is 0 Å². The number of halogens is 1. The topological polar surface area (TPSA) is 70.3 Å². The number of rotatable bonds is 4. The molecule has 5 rings (SSSR count). The molecule has 0 spiro atoms. The Morgan fingerprint density at radius 3 is 2.73 bits per heavy atom. The number of aromatic hydroxyl groups is 1. The van der Waals surface area contributed by atoms with Crippen LogP contribution in [0, 0.1) is 5.41 Å². The van der Waals surface area contributed by atoms with Crippen LogP contribution in [0.3, 0.4) is 0 Å². The van der Waals surface area contributed by atoms with Crippen molar-refractivity contribution in [3.05, 3.63) is 36.9 Å². The fraction of sp³-hybridized carbons (Fsp3) is 0.476. The maximum absolute atomic E-state index is 15.5. The minimum Gasteiger partial charge on any atom is -0.507 e. The summed E-state index contributed by atoms with van der Waals surface area (Å²) in [7, 11) is 3.91. The van der Waals surface area contributed by atoms with Crippen molar-refractivity contribution in [3.63, 3.8) is 0 Å². The van der Waals surface area contributed by atoms with Gasteiger partial charge in [0.2, 0.25) is 5.13 Å². The molecule has 7 nitrogen and oxygen atoms in total. The first-order valence-electron chi connectivity index (χ1n) is 9.96. The van der Waals surface area contributed by atoms with Gasteiger partial charge in [-0.15, -0.1) is 10.2 Å². The first-order valence-corrected chi connectivity index (χ1v) is 10.8. The van der Waals surface area contributed by atoms with Gasteiger partial charge in [0.1, 0.15) is 11.9 Å². The molecule has 4 atom stereocenters. The molecular formula is C21H25FN6OS. The number of phenolic OH excluding ortho intramolecular Hbond substituents is 1. The lowest BCUT2D eigenvalue weighted by Gasteiger charge is -2.45. The number of imidazole rings is 1. The van der Waals surface area contributed by atoms with Crippen LogP contribution in [0.15, 0.2) is 36.9 Å². The van der Waals surface area contributed by atoms with Gasteiger partial charge in [0.05, 0.1) is 29.2 Å². The lowest BCUT2D eigenvalue weighted by molar-refractivity contribution is 0.0412. The Morgan fingerprint density at radius 2 is 2.10 bits per heavy atom. The van der Waals surface area contributed by atoms with Crippen LogP contribution in [0.5, 0.6) is 5.75 Å². The molecular weight excluding hydrogens is 403 g/mol. The van der Waals surface area contributed by atoms with Gasteiger partial charge < -0.3 is 14.6 Å². The van der Waals surface area contributed by atoms with E-state index in [0.29, 0.717) is 15.7 Å². The molecule has 1 saturated carbocycles. The van der Waals surface area contributed by atoms with Gasteiger partial charge in [0.15, 0.2) is 5.01 Å². The molecule has 2 fully saturated rings. The molecule has 1 aliphatic carbocycles. The number of fused-ring (bicyclic) bond motifs is 2. The fourth-order valence-electron chi connectivity index (χ4n) is 5.45. The van der Waals surface area contributed by atoms with Crippen molar-refractivity contribution in [1.82, 2.24) is 24.6 Å². The summed E-state index contributed by atoms with van der Waals surface area (Å²) >= 11 is 1.37. The van der Waals surface area contributed by atoms with E-state index in [0.717, 1.165) is 18.7 Å². The minimum absolute atomic E-state index is 0.121. The van der Waals surface area contributed by atoms with Crippen LogP contribution in [0.2, 0.25) is 0 Å². The van der Waals surface area contributed by atoms with Crippen LogP contribution < -0.4 is 4.90 Å². The van der Waals surface area contributed by atoms with Crippen LogP contribution in [0.25, 0.3) is 16.3 Å². The standard InChI is InChI=1S/C21H25FN6OS/c1-20-10-21(2,26(3)11-20)16(22)17(20)27(4)19-25-24-18(30-19)14-6-5-13(9-15(14)29)28-8-7-23-12-28/h5-9,12,16-17,29H,10-11H2,1-4H3/t16-,17+,20-,21-/m1/s1. The van der Waals surface area contributed by atoms with Crippen molar-refractivity contribution in [2.45, 2.75) is 38.0 Å². The zero-order valence-electron chi connectivity index (χ0n) is 17.4. The molecule has 3 aromatic rings. The molecule has 1 aliphatic heterocycles. The zero-order valence-corrected chi connectivity index (χ0v) is 18.3. The Balaban J connectivity index is 1.43. The summed E-state index contributed by atoms with van der Waals surface area (Å²) in [6.07, 6.45) is 5.03. The average Bonchev–Trinajstić information content (AvgIpc) is 3.44. The van der Waals surface area contributed by atoms with Crippen molar-refractivity contribution in [2.24, 2.45) is 5.41 Å². The van der Waals surface area contributed by atoms with Gasteiger partial charge in [-0.05, 0) is 32.5 Å². The highest BCUT2D eigenvalue weighted by molar-refractivity contribution is 7.18. The number of hydrogen-bond acceptors (Lipinski definition) is 7. The molecule has 2 aliphatic rings. The van der Waals surface area contributed by atoms with Gasteiger partial charge in [-0.25, -0.2) is 9.37 Å². The zero-order chi connectivity index (χ0) is 21.3. The van der Waals surface area contributed by atoms with E-state index in [9.17, 15) is 5.11 Å². The number of nitrogens with zero attached hydrogens (tertiary/aromatic N) is 6. The summed E-state index contributed by atoms with van der Waals surface area (Å²) in [5.74, 6) is 0.121. The highest BCUT2D eigenvalue weighted by atomic mass is 32.1. The van der Waals surface area contributed by atoms with E-state index in [2.05, 4.69) is 27.0 Å². The van der Waals surface area contributed by atoms with Crippen LogP contribution in [-0.2, 0) is 0 Å². The van der Waals surface area contributed by atoms with Crippen LogP contribution >= 0.6 is 11.3 Å². The van der Waals surface area contributed by atoms with Gasteiger partial charge in [-0.3, -0.25) is 4.90 Å². The van der Waals surface area contributed by atoms with Crippen molar-refractivity contribution in [2.75, 3.05) is 25.5 Å². The number of benzene rings is 1. The first kappa shape index (κ1) is 19.4. The van der Waals surface area contributed by atoms with E-state index in [1.165, 1.54) is 11.3 Å². The number of piperidine rings is 1. The minimum atomic E-state index is -0.971. The maximum Gasteiger partial charge on any atom is 0.208 e. The van der Waals surface area contributed by atoms with Crippen LogP contribution in [0.4, 0.5) is 9.52 Å². The summed E-state index contributed by atoms with van der Waals surface area (Å²) < 4.78 is 17.3. The normalized spacial score (nSPS) is 30.8. The second-order valence-electron chi connectivity index (χ2n) is 9.06. The molecule has 3 heterocycles. The predicted octanol–water partition coefficient (Wildman–Crippen LogP) is 3.35. The van der Waals surface area contributed by atoms with Crippen molar-refractivity contribution in [3.8, 4) is 22.0 Å². The van der Waals surface area contributed by atoms with Gasteiger partial charge in [-0.2, -0.15) is 0 Å². The van der Waals surface area contributed by atoms with Gasteiger partial charge >= 0.3 is 0 Å². The number of hydrogen-bond donors (Lipinski definition) is 1. The second kappa shape index (κ2) is 6.49. The van der Waals surface area contributed by atoms with E-state index < -0.39 is 11.7 Å². The lowest BCUT2D eigenvalue weighted by atomic mass is 9.84. The highest BCUT2D eigenvalue weighted by Crippen LogP contribution is 2.57. The Kier molecular flexibility index (Phi) is 4.20. The Hall–Kier alpha value is -2.52. The molecule has 9 heteroatoms. The number of anilines is 1. The SMILES string of the molecule is CN(c1nnc(-c2ccc(-n3ccnc3)cc2O)s1)[C@H]1[C@@H](F)[C@@]2(C)C[C@]1(C)CN2C. The van der Waals surface area contributed by atoms with Gasteiger partial charge in [0.25, 0.3) is 0 Å². The Labute approximate surface area is 178 Å². The van der Waals surface area contributed by atoms with Gasteiger partial charge in [-0.1, -0.05) is 18.3 Å². The summed E-state index contributed by atoms with van der Waals surface area (Å²) in [5.41, 5.74) is 0.836. The summed E-state index contributed by atoms with van der Waals surface area (Å²) in [6.45, 7) is 5.04. The van der Waals surface area contributed by atoms with Crippen molar-refractivity contribution >= 4 is 16.5 Å². The van der Waals surface area contributed by atoms with E-state index in [4.69, 9.17) is 0 Å². The average molecular weight is 429 g/mol. The number of phenols is 1. The number of likely N-dealkylation sites (tertiary alicyclic amines) is 1. The molecule has 30 heavy (non-hydrogen) atoms. The highest BCUT2D eigenvalue weighted by Gasteiger charge is 2.66. The number of aromatic nitrogens is 4. The maximum atomic E-state index is 15.5. The van der Waals surface area contributed by atoms with E-state index in [1.807, 2.05) is 48.8 Å². The quantitative estimate of drug-likeness (QED) is 0.687. The fourth-order valence-corrected chi connectivity index (χ4v) is 6.33. The Bertz CT molecular complexity index is 1090. The van der Waals surface area contributed by atoms with Gasteiger partial charge in [0, 0.05) is 37.5 Å². The molecule has 2 aromatic heterocycles. The van der Waals surface area contributed by atoms with E-state index >= 15 is 4.39 Å². The summed E-state index contributed by atoms with van der Waals surface area (Å²) in [6, 6.07) is 5.14. The largest absolute Gasteiger partial charge is 0.507 e. The van der Waals surface area contributed by atoms with Crippen molar-refractivity contribution < 1.29 is 9.50 Å². The predicted molar refractivity (Wildman–Crippen MR) is 115 cm³/mol. The van der Waals surface area contributed by atoms with E-state index in [1.54, 1.807) is 18.6 Å². The molecule has 158 valence electrons. The molecule has 1 aromatic carbocycles. The monoisotopic (exact) mass is 428 g/mol. The first-order chi connectivity index (χ1) is 14.2. The summed E-state index contributed by atoms with van der Waals surface area (Å²) in [5, 5.41) is 20.5. The molecule has 0 radical (unpaired) electrons.